The molecule has 1 amide bonds. The molecule has 0 aromatic heterocycles. The molecule has 5 nitrogen and oxygen atoms in total. The highest BCUT2D eigenvalue weighted by molar-refractivity contribution is 7.92. The Balaban J connectivity index is 1.74. The summed E-state index contributed by atoms with van der Waals surface area (Å²) in [5, 5.41) is 0. The molecule has 0 aliphatic heterocycles. The molecule has 0 radical (unpaired) electrons. The third-order valence-corrected chi connectivity index (χ3v) is 6.07. The minimum atomic E-state index is -3.67. The Morgan fingerprint density at radius 3 is 2.24 bits per heavy atom. The second kappa shape index (κ2) is 6.88. The highest BCUT2D eigenvalue weighted by Crippen LogP contribution is 2.35. The van der Waals surface area contributed by atoms with Crippen molar-refractivity contribution in [2.24, 2.45) is 5.92 Å². The Labute approximate surface area is 148 Å². The fourth-order valence-corrected chi connectivity index (χ4v) is 3.84. The van der Waals surface area contributed by atoms with Crippen LogP contribution in [0, 0.1) is 5.92 Å². The molecule has 3 rings (SSSR count). The number of para-hydroxylation sites is 1. The van der Waals surface area contributed by atoms with Crippen LogP contribution in [0.3, 0.4) is 0 Å². The molecule has 1 fully saturated rings. The number of rotatable bonds is 6. The summed E-state index contributed by atoms with van der Waals surface area (Å²) in [6.07, 6.45) is 2.34. The van der Waals surface area contributed by atoms with Gasteiger partial charge in [0.2, 0.25) is 0 Å². The van der Waals surface area contributed by atoms with Crippen LogP contribution in [0.2, 0.25) is 0 Å². The molecule has 1 atom stereocenters. The average molecular weight is 358 g/mol. The molecule has 1 aliphatic carbocycles. The van der Waals surface area contributed by atoms with E-state index >= 15 is 0 Å². The standard InChI is InChI=1S/C19H22N2O3S/c1-14(15-8-9-15)21(2)19(22)16-10-12-18(13-11-16)25(23,24)20-17-6-4-3-5-7-17/h3-7,10-15,20H,8-9H2,1-2H3/t14-/m0/s1. The predicted octanol–water partition coefficient (Wildman–Crippen LogP) is 3.36. The number of nitrogens with one attached hydrogen (secondary N) is 1. The summed E-state index contributed by atoms with van der Waals surface area (Å²) in [5.74, 6) is 0.503. The van der Waals surface area contributed by atoms with Gasteiger partial charge in [-0.1, -0.05) is 18.2 Å². The Morgan fingerprint density at radius 1 is 1.08 bits per heavy atom. The van der Waals surface area contributed by atoms with Crippen LogP contribution >= 0.6 is 0 Å². The van der Waals surface area contributed by atoms with E-state index in [1.807, 2.05) is 6.07 Å². The van der Waals surface area contributed by atoms with Gasteiger partial charge in [-0.3, -0.25) is 9.52 Å². The third kappa shape index (κ3) is 4.02. The molecule has 2 aromatic rings. The van der Waals surface area contributed by atoms with Crippen LogP contribution in [0.5, 0.6) is 0 Å². The monoisotopic (exact) mass is 358 g/mol. The molecule has 1 saturated carbocycles. The molecule has 132 valence electrons. The van der Waals surface area contributed by atoms with Gasteiger partial charge in [0.15, 0.2) is 0 Å². The van der Waals surface area contributed by atoms with Crippen molar-refractivity contribution < 1.29 is 13.2 Å². The summed E-state index contributed by atoms with van der Waals surface area (Å²) in [6.45, 7) is 2.05. The molecule has 1 N–H and O–H groups in total. The maximum atomic E-state index is 12.5. The van der Waals surface area contributed by atoms with Gasteiger partial charge in [-0.2, -0.15) is 0 Å². The molecule has 0 heterocycles. The first-order valence-electron chi connectivity index (χ1n) is 8.33. The summed E-state index contributed by atoms with van der Waals surface area (Å²) in [6, 6.07) is 15.0. The van der Waals surface area contributed by atoms with E-state index in [9.17, 15) is 13.2 Å². The number of carbonyl (C=O) groups excluding carboxylic acids is 1. The molecule has 0 unspecified atom stereocenters. The SMILES string of the molecule is C[C@@H](C1CC1)N(C)C(=O)c1ccc(S(=O)(=O)Nc2ccccc2)cc1. The Kier molecular flexibility index (Phi) is 4.81. The fourth-order valence-electron chi connectivity index (χ4n) is 2.78. The zero-order valence-electron chi connectivity index (χ0n) is 14.3. The number of hydrogen-bond acceptors (Lipinski definition) is 3. The van der Waals surface area contributed by atoms with Crippen molar-refractivity contribution in [1.29, 1.82) is 0 Å². The van der Waals surface area contributed by atoms with Crippen LogP contribution in [0.1, 0.15) is 30.1 Å². The maximum absolute atomic E-state index is 12.5. The van der Waals surface area contributed by atoms with Gasteiger partial charge in [-0.25, -0.2) is 8.42 Å². The molecular weight excluding hydrogens is 336 g/mol. The molecule has 6 heteroatoms. The first-order valence-corrected chi connectivity index (χ1v) is 9.82. The zero-order valence-corrected chi connectivity index (χ0v) is 15.2. The van der Waals surface area contributed by atoms with Crippen molar-refractivity contribution in [3.8, 4) is 0 Å². The van der Waals surface area contributed by atoms with E-state index in [0.717, 1.165) is 0 Å². The van der Waals surface area contributed by atoms with Crippen LogP contribution in [-0.4, -0.2) is 32.3 Å². The van der Waals surface area contributed by atoms with E-state index < -0.39 is 10.0 Å². The van der Waals surface area contributed by atoms with Gasteiger partial charge in [0, 0.05) is 24.3 Å². The van der Waals surface area contributed by atoms with Crippen molar-refractivity contribution >= 4 is 21.6 Å². The second-order valence-electron chi connectivity index (χ2n) is 6.49. The summed E-state index contributed by atoms with van der Waals surface area (Å²) in [4.78, 5) is 14.4. The number of carbonyl (C=O) groups is 1. The van der Waals surface area contributed by atoms with E-state index in [1.54, 1.807) is 48.3 Å². The van der Waals surface area contributed by atoms with Gasteiger partial charge < -0.3 is 4.90 Å². The molecule has 25 heavy (non-hydrogen) atoms. The van der Waals surface area contributed by atoms with Gasteiger partial charge >= 0.3 is 0 Å². The highest BCUT2D eigenvalue weighted by atomic mass is 32.2. The molecule has 0 spiro atoms. The number of nitrogens with zero attached hydrogens (tertiary/aromatic N) is 1. The summed E-state index contributed by atoms with van der Waals surface area (Å²) in [5.41, 5.74) is 0.995. The average Bonchev–Trinajstić information content (AvgIpc) is 3.45. The zero-order chi connectivity index (χ0) is 18.0. The largest absolute Gasteiger partial charge is 0.339 e. The second-order valence-corrected chi connectivity index (χ2v) is 8.17. The first kappa shape index (κ1) is 17.5. The van der Waals surface area contributed by atoms with Crippen molar-refractivity contribution in [2.45, 2.75) is 30.7 Å². The number of amides is 1. The molecule has 0 saturated heterocycles. The lowest BCUT2D eigenvalue weighted by molar-refractivity contribution is 0.0727. The van der Waals surface area contributed by atoms with E-state index in [0.29, 0.717) is 17.2 Å². The van der Waals surface area contributed by atoms with E-state index in [-0.39, 0.29) is 16.8 Å². The van der Waals surface area contributed by atoms with E-state index in [4.69, 9.17) is 0 Å². The molecular formula is C19H22N2O3S. The van der Waals surface area contributed by atoms with Crippen molar-refractivity contribution in [3.63, 3.8) is 0 Å². The number of hydrogen-bond donors (Lipinski definition) is 1. The van der Waals surface area contributed by atoms with Crippen LogP contribution in [-0.2, 0) is 10.0 Å². The van der Waals surface area contributed by atoms with Crippen molar-refractivity contribution in [3.05, 3.63) is 60.2 Å². The predicted molar refractivity (Wildman–Crippen MR) is 98.0 cm³/mol. The van der Waals surface area contributed by atoms with Crippen molar-refractivity contribution in [1.82, 2.24) is 4.90 Å². The Morgan fingerprint density at radius 2 is 1.68 bits per heavy atom. The minimum absolute atomic E-state index is 0.0839. The highest BCUT2D eigenvalue weighted by Gasteiger charge is 2.32. The number of anilines is 1. The summed E-state index contributed by atoms with van der Waals surface area (Å²) < 4.78 is 27.4. The molecule has 2 aromatic carbocycles. The van der Waals surface area contributed by atoms with E-state index in [2.05, 4.69) is 11.6 Å². The Bertz CT molecular complexity index is 844. The van der Waals surface area contributed by atoms with Crippen LogP contribution in [0.4, 0.5) is 5.69 Å². The normalized spacial score (nSPS) is 15.4. The maximum Gasteiger partial charge on any atom is 0.261 e. The van der Waals surface area contributed by atoms with Gasteiger partial charge in [0.25, 0.3) is 15.9 Å². The number of benzene rings is 2. The van der Waals surface area contributed by atoms with Crippen LogP contribution < -0.4 is 4.72 Å². The summed E-state index contributed by atoms with van der Waals surface area (Å²) in [7, 11) is -1.87. The van der Waals surface area contributed by atoms with Gasteiger partial charge in [0.1, 0.15) is 0 Å². The van der Waals surface area contributed by atoms with Crippen molar-refractivity contribution in [2.75, 3.05) is 11.8 Å². The smallest absolute Gasteiger partial charge is 0.261 e. The van der Waals surface area contributed by atoms with Crippen LogP contribution in [0.25, 0.3) is 0 Å². The minimum Gasteiger partial charge on any atom is -0.339 e. The van der Waals surface area contributed by atoms with Gasteiger partial charge in [0.05, 0.1) is 4.90 Å². The number of sulfonamides is 1. The molecule has 1 aliphatic rings. The molecule has 0 bridgehead atoms. The topological polar surface area (TPSA) is 66.5 Å². The fraction of sp³-hybridized carbons (Fsp3) is 0.316. The van der Waals surface area contributed by atoms with Crippen LogP contribution in [0.15, 0.2) is 59.5 Å². The third-order valence-electron chi connectivity index (χ3n) is 4.67. The van der Waals surface area contributed by atoms with E-state index in [1.165, 1.54) is 25.0 Å². The Hall–Kier alpha value is -2.34. The van der Waals surface area contributed by atoms with Gasteiger partial charge in [-0.05, 0) is 62.1 Å². The summed E-state index contributed by atoms with van der Waals surface area (Å²) >= 11 is 0. The lowest BCUT2D eigenvalue weighted by Crippen LogP contribution is -2.36. The van der Waals surface area contributed by atoms with Gasteiger partial charge in [-0.15, -0.1) is 0 Å². The quantitative estimate of drug-likeness (QED) is 0.861. The lowest BCUT2D eigenvalue weighted by atomic mass is 10.1. The first-order chi connectivity index (χ1) is 11.9. The lowest BCUT2D eigenvalue weighted by Gasteiger charge is -2.25.